The van der Waals surface area contributed by atoms with Crippen LogP contribution in [0.1, 0.15) is 49.0 Å². The van der Waals surface area contributed by atoms with E-state index in [1.54, 1.807) is 17.4 Å². The third-order valence-electron chi connectivity index (χ3n) is 6.59. The Balaban J connectivity index is 1.30. The monoisotopic (exact) mass is 497 g/mol. The molecule has 0 saturated carbocycles. The van der Waals surface area contributed by atoms with E-state index in [4.69, 9.17) is 0 Å². The van der Waals surface area contributed by atoms with E-state index in [2.05, 4.69) is 20.3 Å². The molecule has 1 aliphatic rings. The number of benzene rings is 1. The van der Waals surface area contributed by atoms with Gasteiger partial charge in [0.25, 0.3) is 5.91 Å². The number of thiophene rings is 1. The van der Waals surface area contributed by atoms with Crippen LogP contribution < -0.4 is 5.32 Å². The summed E-state index contributed by atoms with van der Waals surface area (Å²) in [5, 5.41) is 4.96. The van der Waals surface area contributed by atoms with Crippen LogP contribution in [-0.2, 0) is 24.3 Å². The Labute approximate surface area is 213 Å². The number of aromatic nitrogens is 3. The molecule has 5 rings (SSSR count). The Morgan fingerprint density at radius 3 is 2.67 bits per heavy atom. The van der Waals surface area contributed by atoms with Gasteiger partial charge in [-0.1, -0.05) is 6.07 Å². The van der Waals surface area contributed by atoms with Crippen LogP contribution in [0, 0.1) is 20.8 Å². The van der Waals surface area contributed by atoms with E-state index in [9.17, 15) is 9.59 Å². The zero-order valence-electron chi connectivity index (χ0n) is 20.5. The number of hydrogen-bond acceptors (Lipinski definition) is 6. The number of hydrogen-bond donors (Lipinski definition) is 1. The highest BCUT2D eigenvalue weighted by Gasteiger charge is 2.25. The lowest BCUT2D eigenvalue weighted by atomic mass is 9.94. The highest BCUT2D eigenvalue weighted by atomic mass is 32.1. The third-order valence-corrected chi connectivity index (χ3v) is 7.42. The number of pyridine rings is 1. The van der Waals surface area contributed by atoms with Crippen molar-refractivity contribution >= 4 is 40.3 Å². The molecule has 0 spiro atoms. The van der Waals surface area contributed by atoms with Gasteiger partial charge in [0, 0.05) is 48.0 Å². The van der Waals surface area contributed by atoms with Crippen molar-refractivity contribution in [2.75, 3.05) is 6.54 Å². The maximum atomic E-state index is 13.3. The summed E-state index contributed by atoms with van der Waals surface area (Å²) >= 11 is 1.59. The number of amides is 2. The molecule has 7 nitrogen and oxygen atoms in total. The van der Waals surface area contributed by atoms with Crippen molar-refractivity contribution in [2.45, 2.75) is 40.3 Å². The van der Waals surface area contributed by atoms with Gasteiger partial charge in [0.2, 0.25) is 5.91 Å². The van der Waals surface area contributed by atoms with Crippen LogP contribution in [0.15, 0.2) is 48.0 Å². The number of aryl methyl sites for hydroxylation is 3. The Morgan fingerprint density at radius 1 is 1.08 bits per heavy atom. The average Bonchev–Trinajstić information content (AvgIpc) is 3.40. The lowest BCUT2D eigenvalue weighted by Gasteiger charge is -2.30. The summed E-state index contributed by atoms with van der Waals surface area (Å²) in [6.45, 7) is 7.31. The quantitative estimate of drug-likeness (QED) is 0.409. The molecule has 3 aromatic heterocycles. The molecular formula is C28H27N5O2S. The van der Waals surface area contributed by atoms with Crippen molar-refractivity contribution in [3.8, 4) is 0 Å². The summed E-state index contributed by atoms with van der Waals surface area (Å²) in [6.07, 6.45) is 5.94. The molecule has 182 valence electrons. The Kier molecular flexibility index (Phi) is 6.61. The standard InChI is InChI=1S/C28H27N5O2S/c1-17-18(2)32-26-13-20(6-8-25(26)31-17)28(35)33-11-10-23-21(16-33)14-29-19(3)24(23)15-30-27(34)9-7-22-5-4-12-36-22/h4-9,12-14H,10-11,15-16H2,1-3H3,(H,30,34). The zero-order chi connectivity index (χ0) is 25.2. The molecule has 0 fully saturated rings. The van der Waals surface area contributed by atoms with E-state index in [-0.39, 0.29) is 11.8 Å². The van der Waals surface area contributed by atoms with Crippen LogP contribution in [0.4, 0.5) is 0 Å². The number of fused-ring (bicyclic) bond motifs is 2. The summed E-state index contributed by atoms with van der Waals surface area (Å²) in [7, 11) is 0. The molecule has 4 aromatic rings. The molecule has 0 bridgehead atoms. The van der Waals surface area contributed by atoms with E-state index >= 15 is 0 Å². The van der Waals surface area contributed by atoms with Gasteiger partial charge in [-0.25, -0.2) is 9.97 Å². The zero-order valence-corrected chi connectivity index (χ0v) is 21.4. The minimum Gasteiger partial charge on any atom is -0.348 e. The van der Waals surface area contributed by atoms with Gasteiger partial charge in [0.05, 0.1) is 22.4 Å². The van der Waals surface area contributed by atoms with Crippen molar-refractivity contribution < 1.29 is 9.59 Å². The summed E-state index contributed by atoms with van der Waals surface area (Å²) in [5.74, 6) is -0.172. The molecule has 4 heterocycles. The Hall–Kier alpha value is -3.91. The SMILES string of the molecule is Cc1nc2ccc(C(=O)N3CCc4c(cnc(C)c4CNC(=O)C=Cc4cccs4)C3)cc2nc1C. The third kappa shape index (κ3) is 4.90. The van der Waals surface area contributed by atoms with Crippen LogP contribution in [0.25, 0.3) is 17.1 Å². The first-order valence-electron chi connectivity index (χ1n) is 11.9. The van der Waals surface area contributed by atoms with Crippen LogP contribution in [0.2, 0.25) is 0 Å². The van der Waals surface area contributed by atoms with Crippen molar-refractivity contribution in [1.29, 1.82) is 0 Å². The highest BCUT2D eigenvalue weighted by molar-refractivity contribution is 7.10. The van der Waals surface area contributed by atoms with Gasteiger partial charge in [-0.05, 0) is 79.6 Å². The second kappa shape index (κ2) is 9.99. The lowest BCUT2D eigenvalue weighted by Crippen LogP contribution is -2.37. The van der Waals surface area contributed by atoms with Gasteiger partial charge in [0.1, 0.15) is 0 Å². The summed E-state index contributed by atoms with van der Waals surface area (Å²) in [6, 6.07) is 9.43. The molecule has 1 aromatic carbocycles. The molecule has 0 atom stereocenters. The fourth-order valence-electron chi connectivity index (χ4n) is 4.45. The number of rotatable bonds is 5. The fourth-order valence-corrected chi connectivity index (χ4v) is 5.07. The smallest absolute Gasteiger partial charge is 0.254 e. The Bertz CT molecular complexity index is 1490. The maximum Gasteiger partial charge on any atom is 0.254 e. The normalized spacial score (nSPS) is 13.2. The van der Waals surface area contributed by atoms with Crippen LogP contribution in [0.3, 0.4) is 0 Å². The summed E-state index contributed by atoms with van der Waals surface area (Å²) in [5.41, 5.74) is 7.99. The molecule has 0 unspecified atom stereocenters. The number of carbonyl (C=O) groups excluding carboxylic acids is 2. The van der Waals surface area contributed by atoms with Crippen molar-refractivity contribution in [3.63, 3.8) is 0 Å². The van der Waals surface area contributed by atoms with E-state index < -0.39 is 0 Å². The van der Waals surface area contributed by atoms with Crippen LogP contribution in [0.5, 0.6) is 0 Å². The lowest BCUT2D eigenvalue weighted by molar-refractivity contribution is -0.116. The second-order valence-corrected chi connectivity index (χ2v) is 9.95. The van der Waals surface area contributed by atoms with Crippen molar-refractivity contribution in [2.24, 2.45) is 0 Å². The van der Waals surface area contributed by atoms with Gasteiger partial charge in [0.15, 0.2) is 0 Å². The minimum atomic E-state index is -0.141. The van der Waals surface area contributed by atoms with E-state index in [0.717, 1.165) is 44.1 Å². The molecule has 1 N–H and O–H groups in total. The molecule has 2 amide bonds. The van der Waals surface area contributed by atoms with Gasteiger partial charge in [-0.2, -0.15) is 0 Å². The first kappa shape index (κ1) is 23.8. The highest BCUT2D eigenvalue weighted by Crippen LogP contribution is 2.26. The Morgan fingerprint density at radius 2 is 1.89 bits per heavy atom. The van der Waals surface area contributed by atoms with Crippen molar-refractivity contribution in [3.05, 3.63) is 92.2 Å². The molecule has 0 radical (unpaired) electrons. The molecule has 0 saturated heterocycles. The molecule has 36 heavy (non-hydrogen) atoms. The van der Waals surface area contributed by atoms with Gasteiger partial charge in [-0.15, -0.1) is 11.3 Å². The largest absolute Gasteiger partial charge is 0.348 e. The minimum absolute atomic E-state index is 0.0308. The van der Waals surface area contributed by atoms with E-state index in [0.29, 0.717) is 31.6 Å². The van der Waals surface area contributed by atoms with Crippen LogP contribution in [-0.4, -0.2) is 38.2 Å². The predicted molar refractivity (Wildman–Crippen MR) is 142 cm³/mol. The first-order valence-corrected chi connectivity index (χ1v) is 12.8. The fraction of sp³-hybridized carbons (Fsp3) is 0.250. The maximum absolute atomic E-state index is 13.3. The molecule has 0 aliphatic carbocycles. The van der Waals surface area contributed by atoms with Gasteiger partial charge < -0.3 is 10.2 Å². The number of nitrogens with one attached hydrogen (secondary N) is 1. The van der Waals surface area contributed by atoms with Crippen LogP contribution >= 0.6 is 11.3 Å². The predicted octanol–water partition coefficient (Wildman–Crippen LogP) is 4.54. The number of carbonyl (C=O) groups is 2. The molecular weight excluding hydrogens is 470 g/mol. The van der Waals surface area contributed by atoms with E-state index in [1.807, 2.05) is 73.7 Å². The molecule has 8 heteroatoms. The van der Waals surface area contributed by atoms with Gasteiger partial charge in [-0.3, -0.25) is 14.6 Å². The number of nitrogens with zero attached hydrogens (tertiary/aromatic N) is 4. The first-order chi connectivity index (χ1) is 17.4. The summed E-state index contributed by atoms with van der Waals surface area (Å²) < 4.78 is 0. The van der Waals surface area contributed by atoms with Gasteiger partial charge >= 0.3 is 0 Å². The van der Waals surface area contributed by atoms with E-state index in [1.165, 1.54) is 5.56 Å². The van der Waals surface area contributed by atoms with Crippen molar-refractivity contribution in [1.82, 2.24) is 25.2 Å². The second-order valence-electron chi connectivity index (χ2n) is 8.97. The topological polar surface area (TPSA) is 88.1 Å². The molecule has 1 aliphatic heterocycles. The summed E-state index contributed by atoms with van der Waals surface area (Å²) in [4.78, 5) is 42.3. The average molecular weight is 498 g/mol.